The van der Waals surface area contributed by atoms with Crippen LogP contribution in [-0.4, -0.2) is 44.8 Å². The van der Waals surface area contributed by atoms with E-state index in [0.29, 0.717) is 31.6 Å². The molecule has 2 fully saturated rings. The Morgan fingerprint density at radius 2 is 1.95 bits per heavy atom. The molecule has 2 saturated heterocycles. The third-order valence-corrected chi connectivity index (χ3v) is 8.29. The van der Waals surface area contributed by atoms with Crippen molar-refractivity contribution in [3.05, 3.63) is 77.4 Å². The predicted octanol–water partition coefficient (Wildman–Crippen LogP) is 4.82. The second-order valence-electron chi connectivity index (χ2n) is 10.8. The summed E-state index contributed by atoms with van der Waals surface area (Å²) in [6.45, 7) is 3.41. The van der Waals surface area contributed by atoms with Gasteiger partial charge in [-0.15, -0.1) is 0 Å². The molecule has 2 amide bonds. The number of nitrogens with zero attached hydrogens (tertiary/aromatic N) is 3. The van der Waals surface area contributed by atoms with Crippen LogP contribution < -0.4 is 11.1 Å². The first-order chi connectivity index (χ1) is 19.5. The molecule has 0 spiro atoms. The first-order valence-corrected chi connectivity index (χ1v) is 13.7. The minimum atomic E-state index is -0.503. The fraction of sp³-hybridized carbons (Fsp3) is 0.290. The number of primary amides is 1. The summed E-state index contributed by atoms with van der Waals surface area (Å²) in [6.07, 6.45) is 6.56. The molecule has 2 aromatic carbocycles. The Hall–Kier alpha value is -4.50. The highest BCUT2D eigenvalue weighted by atomic mass is 16.5. The molecule has 3 aromatic heterocycles. The normalized spacial score (nSPS) is 18.0. The molecule has 7 rings (SSSR count). The molecule has 2 aliphatic heterocycles. The number of fused-ring (bicyclic) bond motifs is 2. The molecule has 0 saturated carbocycles. The van der Waals surface area contributed by atoms with Gasteiger partial charge in [-0.2, -0.15) is 5.10 Å². The second kappa shape index (κ2) is 9.60. The lowest BCUT2D eigenvalue weighted by molar-refractivity contribution is -0.119. The number of aromatic amines is 1. The first-order valence-electron chi connectivity index (χ1n) is 13.7. The number of aromatic nitrogens is 4. The number of benzene rings is 2. The first kappa shape index (κ1) is 24.5. The maximum absolute atomic E-state index is 12.4. The number of nitrogens with one attached hydrogen (secondary N) is 2. The smallest absolute Gasteiger partial charge is 0.249 e. The number of carbonyl (C=O) groups excluding carboxylic acids is 2. The topological polar surface area (TPSA) is 128 Å². The van der Waals surface area contributed by atoms with Gasteiger partial charge in [-0.05, 0) is 79.8 Å². The van der Waals surface area contributed by atoms with E-state index in [9.17, 15) is 9.59 Å². The number of amides is 2. The lowest BCUT2D eigenvalue weighted by atomic mass is 9.90. The zero-order valence-corrected chi connectivity index (χ0v) is 22.2. The molecule has 0 bridgehead atoms. The van der Waals surface area contributed by atoms with Gasteiger partial charge < -0.3 is 20.4 Å². The Morgan fingerprint density at radius 1 is 1.10 bits per heavy atom. The number of hydrogen-bond donors (Lipinski definition) is 3. The van der Waals surface area contributed by atoms with Crippen LogP contribution in [0, 0.1) is 6.92 Å². The highest BCUT2D eigenvalue weighted by Gasteiger charge is 2.30. The van der Waals surface area contributed by atoms with E-state index in [1.165, 1.54) is 11.3 Å². The van der Waals surface area contributed by atoms with Crippen LogP contribution >= 0.6 is 0 Å². The zero-order valence-electron chi connectivity index (χ0n) is 22.2. The number of hydrogen-bond acceptors (Lipinski definition) is 5. The van der Waals surface area contributed by atoms with Gasteiger partial charge in [0.1, 0.15) is 0 Å². The molecule has 2 aliphatic rings. The van der Waals surface area contributed by atoms with E-state index in [1.807, 2.05) is 31.5 Å². The summed E-state index contributed by atoms with van der Waals surface area (Å²) >= 11 is 0. The van der Waals surface area contributed by atoms with Crippen molar-refractivity contribution in [3.63, 3.8) is 0 Å². The van der Waals surface area contributed by atoms with Crippen LogP contribution in [-0.2, 0) is 9.53 Å². The van der Waals surface area contributed by atoms with Crippen molar-refractivity contribution >= 4 is 33.6 Å². The Balaban J connectivity index is 1.56. The lowest BCUT2D eigenvalue weighted by Crippen LogP contribution is -2.23. The van der Waals surface area contributed by atoms with E-state index < -0.39 is 5.91 Å². The minimum Gasteiger partial charge on any atom is -0.381 e. The van der Waals surface area contributed by atoms with Crippen molar-refractivity contribution in [1.29, 1.82) is 0 Å². The number of aryl methyl sites for hydroxylation is 1. The summed E-state index contributed by atoms with van der Waals surface area (Å²) in [5.41, 5.74) is 14.3. The number of H-pyrrole nitrogens is 1. The van der Waals surface area contributed by atoms with E-state index in [4.69, 9.17) is 10.5 Å². The lowest BCUT2D eigenvalue weighted by Gasteiger charge is -2.26. The van der Waals surface area contributed by atoms with Gasteiger partial charge in [-0.25, -0.2) is 0 Å². The van der Waals surface area contributed by atoms with Gasteiger partial charge >= 0.3 is 0 Å². The molecule has 202 valence electrons. The van der Waals surface area contributed by atoms with Gasteiger partial charge in [0.15, 0.2) is 0 Å². The van der Waals surface area contributed by atoms with Crippen molar-refractivity contribution in [3.8, 4) is 16.8 Å². The number of nitrogens with two attached hydrogens (primary N) is 1. The number of carbonyl (C=O) groups is 2. The van der Waals surface area contributed by atoms with Crippen LogP contribution in [0.3, 0.4) is 0 Å². The van der Waals surface area contributed by atoms with E-state index in [2.05, 4.69) is 49.3 Å². The quantitative estimate of drug-likeness (QED) is 0.298. The SMILES string of the molecule is Cc1cc(-c2c(C3CCOCC3)n(-c3ccc(C(N)=O)c(C4CCC(=O)N4)c3)c3cc4[nH]ncc4cc23)ccn1. The third kappa shape index (κ3) is 4.05. The standard InChI is InChI=1S/C31H30N6O3/c1-17-12-19(6-9-33-17)29-24-13-20-16-34-36-26(20)15-27(24)37(30(29)18-7-10-40-11-8-18)21-2-3-22(31(32)39)23(14-21)25-4-5-28(38)35-25/h2-3,6,9,12-16,18,25H,4-5,7-8,10-11H2,1H3,(H2,32,39)(H,34,36)(H,35,38). The molecular weight excluding hydrogens is 504 g/mol. The van der Waals surface area contributed by atoms with E-state index in [0.717, 1.165) is 57.2 Å². The Labute approximate surface area is 230 Å². The fourth-order valence-electron chi connectivity index (χ4n) is 6.43. The van der Waals surface area contributed by atoms with Gasteiger partial charge in [0, 0.05) is 70.7 Å². The Morgan fingerprint density at radius 3 is 2.70 bits per heavy atom. The molecule has 0 radical (unpaired) electrons. The van der Waals surface area contributed by atoms with Crippen LogP contribution in [0.5, 0.6) is 0 Å². The van der Waals surface area contributed by atoms with E-state index >= 15 is 0 Å². The van der Waals surface area contributed by atoms with Crippen molar-refractivity contribution in [2.75, 3.05) is 13.2 Å². The van der Waals surface area contributed by atoms with Crippen LogP contribution in [0.2, 0.25) is 0 Å². The number of rotatable bonds is 5. The average molecular weight is 535 g/mol. The minimum absolute atomic E-state index is 0.0166. The van der Waals surface area contributed by atoms with Crippen molar-refractivity contribution in [2.24, 2.45) is 5.73 Å². The monoisotopic (exact) mass is 534 g/mol. The van der Waals surface area contributed by atoms with E-state index in [-0.39, 0.29) is 17.9 Å². The maximum Gasteiger partial charge on any atom is 0.249 e. The fourth-order valence-corrected chi connectivity index (χ4v) is 6.43. The second-order valence-corrected chi connectivity index (χ2v) is 10.8. The molecular formula is C31H30N6O3. The van der Waals surface area contributed by atoms with Crippen LogP contribution in [0.15, 0.2) is 54.9 Å². The molecule has 1 unspecified atom stereocenters. The molecule has 4 N–H and O–H groups in total. The van der Waals surface area contributed by atoms with Crippen molar-refractivity contribution in [1.82, 2.24) is 25.1 Å². The van der Waals surface area contributed by atoms with Crippen molar-refractivity contribution < 1.29 is 14.3 Å². The summed E-state index contributed by atoms with van der Waals surface area (Å²) < 4.78 is 8.09. The van der Waals surface area contributed by atoms with Gasteiger partial charge in [-0.3, -0.25) is 19.7 Å². The van der Waals surface area contributed by atoms with Crippen LogP contribution in [0.25, 0.3) is 38.6 Å². The van der Waals surface area contributed by atoms with Crippen molar-refractivity contribution in [2.45, 2.75) is 44.6 Å². The van der Waals surface area contributed by atoms with Gasteiger partial charge in [-0.1, -0.05) is 0 Å². The molecule has 1 atom stereocenters. The number of ether oxygens (including phenoxy) is 1. The van der Waals surface area contributed by atoms with E-state index in [1.54, 1.807) is 6.07 Å². The number of pyridine rings is 1. The summed E-state index contributed by atoms with van der Waals surface area (Å²) in [5.74, 6) is -0.263. The van der Waals surface area contributed by atoms with Gasteiger partial charge in [0.25, 0.3) is 0 Å². The Kier molecular flexibility index (Phi) is 5.89. The van der Waals surface area contributed by atoms with Crippen LogP contribution in [0.4, 0.5) is 0 Å². The molecule has 9 heteroatoms. The maximum atomic E-state index is 12.4. The highest BCUT2D eigenvalue weighted by Crippen LogP contribution is 2.45. The molecule has 5 aromatic rings. The molecule has 0 aliphatic carbocycles. The van der Waals surface area contributed by atoms with Gasteiger partial charge in [0.2, 0.25) is 11.8 Å². The summed E-state index contributed by atoms with van der Waals surface area (Å²) in [6, 6.07) is 14.1. The summed E-state index contributed by atoms with van der Waals surface area (Å²) in [5, 5.41) is 12.6. The van der Waals surface area contributed by atoms with Crippen LogP contribution in [0.1, 0.15) is 65.0 Å². The molecule has 40 heavy (non-hydrogen) atoms. The highest BCUT2D eigenvalue weighted by molar-refractivity contribution is 6.06. The summed E-state index contributed by atoms with van der Waals surface area (Å²) in [7, 11) is 0. The average Bonchev–Trinajstić information content (AvgIpc) is 3.68. The largest absolute Gasteiger partial charge is 0.381 e. The summed E-state index contributed by atoms with van der Waals surface area (Å²) in [4.78, 5) is 29.0. The predicted molar refractivity (Wildman–Crippen MR) is 152 cm³/mol. The zero-order chi connectivity index (χ0) is 27.4. The Bertz CT molecular complexity index is 1800. The molecule has 5 heterocycles. The molecule has 9 nitrogen and oxygen atoms in total. The van der Waals surface area contributed by atoms with Gasteiger partial charge in [0.05, 0.1) is 23.3 Å². The third-order valence-electron chi connectivity index (χ3n) is 8.29.